The van der Waals surface area contributed by atoms with Crippen LogP contribution in [0, 0.1) is 0 Å². The predicted molar refractivity (Wildman–Crippen MR) is 156 cm³/mol. The third-order valence-electron chi connectivity index (χ3n) is 6.75. The number of amides is 2. The molecule has 1 saturated heterocycles. The zero-order valence-corrected chi connectivity index (χ0v) is 22.5. The number of rotatable bonds is 7. The van der Waals surface area contributed by atoms with Crippen molar-refractivity contribution in [2.45, 2.75) is 12.3 Å². The lowest BCUT2D eigenvalue weighted by atomic mass is 9.90. The van der Waals surface area contributed by atoms with Crippen LogP contribution in [-0.4, -0.2) is 41.5 Å². The molecule has 2 aromatic heterocycles. The summed E-state index contributed by atoms with van der Waals surface area (Å²) >= 11 is 7.58. The summed E-state index contributed by atoms with van der Waals surface area (Å²) in [6.45, 7) is 1.11. The summed E-state index contributed by atoms with van der Waals surface area (Å²) in [5, 5.41) is 3.08. The first-order valence-electron chi connectivity index (χ1n) is 12.6. The van der Waals surface area contributed by atoms with Crippen molar-refractivity contribution in [3.63, 3.8) is 0 Å². The second-order valence-corrected chi connectivity index (χ2v) is 11.1. The van der Waals surface area contributed by atoms with Crippen LogP contribution >= 0.6 is 22.9 Å². The van der Waals surface area contributed by atoms with Crippen molar-refractivity contribution in [1.82, 2.24) is 9.97 Å². The van der Waals surface area contributed by atoms with Gasteiger partial charge in [0.25, 0.3) is 5.91 Å². The van der Waals surface area contributed by atoms with Crippen molar-refractivity contribution in [3.05, 3.63) is 100 Å². The number of carbonyl (C=O) groups is 2. The van der Waals surface area contributed by atoms with Gasteiger partial charge < -0.3 is 19.9 Å². The topological polar surface area (TPSA) is 87.3 Å². The molecule has 1 atom stereocenters. The molecule has 196 valence electrons. The van der Waals surface area contributed by atoms with Crippen molar-refractivity contribution in [2.75, 3.05) is 30.0 Å². The number of nitrogens with zero attached hydrogens (tertiary/aromatic N) is 2. The molecule has 0 saturated carbocycles. The molecule has 0 bridgehead atoms. The Morgan fingerprint density at radius 3 is 2.64 bits per heavy atom. The van der Waals surface area contributed by atoms with E-state index in [1.807, 2.05) is 84.9 Å². The molecular formula is C30H25ClN4O3S. The number of hydrogen-bond acceptors (Lipinski definition) is 5. The number of nitrogens with one attached hydrogen (secondary N) is 2. The normalized spacial score (nSPS) is 14.5. The van der Waals surface area contributed by atoms with E-state index < -0.39 is 5.92 Å². The monoisotopic (exact) mass is 556 g/mol. The molecule has 3 heterocycles. The molecule has 9 heteroatoms. The number of aromatic amines is 1. The average molecular weight is 557 g/mol. The molecule has 3 aromatic carbocycles. The summed E-state index contributed by atoms with van der Waals surface area (Å²) in [7, 11) is 0. The molecule has 1 fully saturated rings. The van der Waals surface area contributed by atoms with Crippen LogP contribution in [0.4, 0.5) is 11.4 Å². The Hall–Kier alpha value is -3.98. The third-order valence-corrected chi connectivity index (χ3v) is 7.99. The Kier molecular flexibility index (Phi) is 7.15. The number of carbonyl (C=O) groups excluding carboxylic acids is 2. The van der Waals surface area contributed by atoms with Crippen LogP contribution < -0.4 is 10.2 Å². The van der Waals surface area contributed by atoms with Crippen LogP contribution in [0.5, 0.6) is 0 Å². The van der Waals surface area contributed by atoms with E-state index in [1.165, 1.54) is 11.3 Å². The number of aromatic nitrogens is 2. The number of fused-ring (bicyclic) bond motifs is 1. The minimum absolute atomic E-state index is 0.0694. The Labute approximate surface area is 234 Å². The van der Waals surface area contributed by atoms with Crippen LogP contribution in [-0.2, 0) is 20.7 Å². The van der Waals surface area contributed by atoms with Crippen molar-refractivity contribution in [2.24, 2.45) is 0 Å². The van der Waals surface area contributed by atoms with Crippen LogP contribution in [0.25, 0.3) is 21.7 Å². The van der Waals surface area contributed by atoms with Crippen molar-refractivity contribution in [3.8, 4) is 10.7 Å². The molecule has 6 rings (SSSR count). The quantitative estimate of drug-likeness (QED) is 0.247. The Morgan fingerprint density at radius 2 is 1.90 bits per heavy atom. The van der Waals surface area contributed by atoms with E-state index in [-0.39, 0.29) is 18.4 Å². The highest BCUT2D eigenvalue weighted by Gasteiger charge is 2.24. The van der Waals surface area contributed by atoms with Crippen molar-refractivity contribution in [1.29, 1.82) is 0 Å². The van der Waals surface area contributed by atoms with Crippen LogP contribution in [0.3, 0.4) is 0 Å². The van der Waals surface area contributed by atoms with Gasteiger partial charge in [0.2, 0.25) is 5.91 Å². The van der Waals surface area contributed by atoms with Gasteiger partial charge in [-0.15, -0.1) is 11.3 Å². The number of imidazole rings is 1. The molecule has 0 aliphatic carbocycles. The number of halogens is 1. The maximum atomic E-state index is 13.7. The number of ether oxygens (including phenoxy) is 1. The largest absolute Gasteiger partial charge is 0.370 e. The number of morpholine rings is 1. The van der Waals surface area contributed by atoms with E-state index in [0.717, 1.165) is 38.5 Å². The standard InChI is InChI=1S/C30H25ClN4O3S/c31-27-13-12-26(39-27)29-33-24-11-6-20(17-25(24)34-29)23(16-19-4-2-1-3-5-19)30(37)32-21-7-9-22(10-8-21)35-14-15-38-18-28(35)36/h1-13,17,23H,14-16,18H2,(H,32,37)(H,33,34). The van der Waals surface area contributed by atoms with Gasteiger partial charge in [-0.3, -0.25) is 9.59 Å². The second kappa shape index (κ2) is 11.0. The van der Waals surface area contributed by atoms with E-state index in [1.54, 1.807) is 4.90 Å². The zero-order chi connectivity index (χ0) is 26.8. The Balaban J connectivity index is 1.27. The number of H-pyrrole nitrogens is 1. The molecule has 1 aliphatic rings. The fourth-order valence-electron chi connectivity index (χ4n) is 4.75. The zero-order valence-electron chi connectivity index (χ0n) is 20.9. The molecule has 39 heavy (non-hydrogen) atoms. The van der Waals surface area contributed by atoms with E-state index >= 15 is 0 Å². The van der Waals surface area contributed by atoms with Gasteiger partial charge in [-0.25, -0.2) is 4.98 Å². The SMILES string of the molecule is O=C(Nc1ccc(N2CCOCC2=O)cc1)C(Cc1ccccc1)c1ccc2[nH]c(-c3ccc(Cl)s3)nc2c1. The average Bonchev–Trinajstić information content (AvgIpc) is 3.59. The first kappa shape index (κ1) is 25.3. The fraction of sp³-hybridized carbons (Fsp3) is 0.167. The van der Waals surface area contributed by atoms with Gasteiger partial charge in [0.15, 0.2) is 0 Å². The Morgan fingerprint density at radius 1 is 1.08 bits per heavy atom. The highest BCUT2D eigenvalue weighted by Crippen LogP contribution is 2.32. The molecule has 1 unspecified atom stereocenters. The van der Waals surface area contributed by atoms with Gasteiger partial charge in [-0.05, 0) is 66.1 Å². The molecule has 7 nitrogen and oxygen atoms in total. The predicted octanol–water partition coefficient (Wildman–Crippen LogP) is 6.27. The first-order chi connectivity index (χ1) is 19.0. The van der Waals surface area contributed by atoms with Gasteiger partial charge in [-0.2, -0.15) is 0 Å². The summed E-state index contributed by atoms with van der Waals surface area (Å²) in [6, 6.07) is 27.0. The molecule has 1 aliphatic heterocycles. The maximum absolute atomic E-state index is 13.7. The highest BCUT2D eigenvalue weighted by molar-refractivity contribution is 7.19. The Bertz CT molecular complexity index is 1630. The molecule has 0 radical (unpaired) electrons. The van der Waals surface area contributed by atoms with E-state index in [9.17, 15) is 9.59 Å². The first-order valence-corrected chi connectivity index (χ1v) is 13.8. The fourth-order valence-corrected chi connectivity index (χ4v) is 5.74. The van der Waals surface area contributed by atoms with E-state index in [2.05, 4.69) is 10.3 Å². The van der Waals surface area contributed by atoms with Gasteiger partial charge in [0.1, 0.15) is 12.4 Å². The molecular weight excluding hydrogens is 532 g/mol. The van der Waals surface area contributed by atoms with Gasteiger partial charge in [0, 0.05) is 17.9 Å². The minimum atomic E-state index is -0.436. The molecule has 2 amide bonds. The summed E-state index contributed by atoms with van der Waals surface area (Å²) in [4.78, 5) is 36.6. The van der Waals surface area contributed by atoms with Gasteiger partial charge in [0.05, 0.1) is 32.8 Å². The van der Waals surface area contributed by atoms with Crippen LogP contribution in [0.2, 0.25) is 4.34 Å². The lowest BCUT2D eigenvalue weighted by Gasteiger charge is -2.27. The number of hydrogen-bond donors (Lipinski definition) is 2. The number of benzene rings is 3. The highest BCUT2D eigenvalue weighted by atomic mass is 35.5. The van der Waals surface area contributed by atoms with E-state index in [4.69, 9.17) is 21.3 Å². The molecule has 0 spiro atoms. The maximum Gasteiger partial charge on any atom is 0.253 e. The lowest BCUT2D eigenvalue weighted by Crippen LogP contribution is -2.41. The minimum Gasteiger partial charge on any atom is -0.370 e. The summed E-state index contributed by atoms with van der Waals surface area (Å²) in [6.07, 6.45) is 0.538. The van der Waals surface area contributed by atoms with Gasteiger partial charge in [-0.1, -0.05) is 48.0 Å². The third kappa shape index (κ3) is 5.59. The number of anilines is 2. The summed E-state index contributed by atoms with van der Waals surface area (Å²) in [5.74, 6) is 0.129. The smallest absolute Gasteiger partial charge is 0.253 e. The summed E-state index contributed by atoms with van der Waals surface area (Å²) < 4.78 is 5.92. The van der Waals surface area contributed by atoms with Crippen LogP contribution in [0.1, 0.15) is 17.0 Å². The van der Waals surface area contributed by atoms with Crippen molar-refractivity contribution >= 4 is 57.2 Å². The van der Waals surface area contributed by atoms with E-state index in [0.29, 0.717) is 29.6 Å². The van der Waals surface area contributed by atoms with Gasteiger partial charge >= 0.3 is 0 Å². The number of thiophene rings is 1. The van der Waals surface area contributed by atoms with Crippen molar-refractivity contribution < 1.29 is 14.3 Å². The second-order valence-electron chi connectivity index (χ2n) is 9.34. The summed E-state index contributed by atoms with van der Waals surface area (Å²) in [5.41, 5.74) is 5.08. The molecule has 5 aromatic rings. The molecule has 2 N–H and O–H groups in total. The van der Waals surface area contributed by atoms with Crippen LogP contribution in [0.15, 0.2) is 84.9 Å². The lowest BCUT2D eigenvalue weighted by molar-refractivity contribution is -0.125.